The van der Waals surface area contributed by atoms with E-state index in [-0.39, 0.29) is 22.4 Å². The Morgan fingerprint density at radius 3 is 2.43 bits per heavy atom. The molecule has 0 aliphatic rings. The van der Waals surface area contributed by atoms with Crippen LogP contribution in [0.25, 0.3) is 10.8 Å². The molecule has 8 nitrogen and oxygen atoms in total. The Labute approximate surface area is 132 Å². The summed E-state index contributed by atoms with van der Waals surface area (Å²) >= 11 is 0. The first-order valence-corrected chi connectivity index (χ1v) is 8.04. The first-order chi connectivity index (χ1) is 10.6. The highest BCUT2D eigenvalue weighted by Gasteiger charge is 2.21. The lowest BCUT2D eigenvalue weighted by Gasteiger charge is -2.10. The van der Waals surface area contributed by atoms with Crippen molar-refractivity contribution in [3.05, 3.63) is 46.0 Å². The molecule has 0 aliphatic heterocycles. The summed E-state index contributed by atoms with van der Waals surface area (Å²) in [5.74, 6) is -0.415. The van der Waals surface area contributed by atoms with E-state index in [0.29, 0.717) is 0 Å². The van der Waals surface area contributed by atoms with E-state index in [9.17, 15) is 27.9 Å². The number of carbonyl (C=O) groups excluding carboxylic acids is 1. The number of benzene rings is 2. The largest absolute Gasteiger partial charge is 0.350 e. The predicted molar refractivity (Wildman–Crippen MR) is 83.0 cm³/mol. The maximum absolute atomic E-state index is 12.0. The fourth-order valence-corrected chi connectivity index (χ4v) is 2.84. The summed E-state index contributed by atoms with van der Waals surface area (Å²) in [5, 5.41) is 13.8. The van der Waals surface area contributed by atoms with Crippen LogP contribution < -0.4 is 5.32 Å². The monoisotopic (exact) mass is 338 g/mol. The van der Waals surface area contributed by atoms with Crippen LogP contribution in [0, 0.1) is 10.1 Å². The molecule has 2 N–H and O–H groups in total. The molecule has 0 fully saturated rings. The van der Waals surface area contributed by atoms with Gasteiger partial charge in [-0.3, -0.25) is 19.5 Å². The lowest BCUT2D eigenvalue weighted by atomic mass is 10.1. The molecule has 0 heterocycles. The van der Waals surface area contributed by atoms with Crippen molar-refractivity contribution < 1.29 is 22.7 Å². The zero-order valence-corrected chi connectivity index (χ0v) is 13.1. The number of nitro groups is 1. The zero-order chi connectivity index (χ0) is 17.4. The van der Waals surface area contributed by atoms with Crippen molar-refractivity contribution in [3.63, 3.8) is 0 Å². The average molecular weight is 338 g/mol. The molecule has 23 heavy (non-hydrogen) atoms. The smallest absolute Gasteiger partial charge is 0.295 e. The third kappa shape index (κ3) is 3.63. The molecule has 2 rings (SSSR count). The fraction of sp³-hybridized carbons (Fsp3) is 0.214. The Balaban J connectivity index is 2.72. The van der Waals surface area contributed by atoms with Crippen LogP contribution in [0.1, 0.15) is 24.2 Å². The molecule has 2 aromatic rings. The second-order valence-corrected chi connectivity index (χ2v) is 6.63. The minimum absolute atomic E-state index is 0.0366. The van der Waals surface area contributed by atoms with E-state index in [1.807, 2.05) is 0 Å². The van der Waals surface area contributed by atoms with Gasteiger partial charge in [-0.05, 0) is 31.4 Å². The van der Waals surface area contributed by atoms with Gasteiger partial charge in [-0.15, -0.1) is 0 Å². The Morgan fingerprint density at radius 2 is 1.91 bits per heavy atom. The van der Waals surface area contributed by atoms with E-state index < -0.39 is 31.5 Å². The SMILES string of the molecule is CC(C)NC(=O)c1ccc2cc([N+](=O)[O-])cc(S(=O)(=O)O)c2c1. The van der Waals surface area contributed by atoms with Crippen molar-refractivity contribution in [2.24, 2.45) is 0 Å². The Hall–Kier alpha value is -2.52. The average Bonchev–Trinajstić information content (AvgIpc) is 2.43. The molecule has 0 saturated heterocycles. The number of hydrogen-bond donors (Lipinski definition) is 2. The first-order valence-electron chi connectivity index (χ1n) is 6.60. The van der Waals surface area contributed by atoms with Crippen LogP contribution in [0.2, 0.25) is 0 Å². The summed E-state index contributed by atoms with van der Waals surface area (Å²) < 4.78 is 32.3. The van der Waals surface area contributed by atoms with E-state index in [0.717, 1.165) is 6.07 Å². The van der Waals surface area contributed by atoms with Crippen molar-refractivity contribution >= 4 is 32.5 Å². The zero-order valence-electron chi connectivity index (χ0n) is 12.3. The van der Waals surface area contributed by atoms with Gasteiger partial charge >= 0.3 is 0 Å². The topological polar surface area (TPSA) is 127 Å². The molecule has 122 valence electrons. The maximum Gasteiger partial charge on any atom is 0.295 e. The van der Waals surface area contributed by atoms with E-state index in [4.69, 9.17) is 0 Å². The molecule has 0 bridgehead atoms. The van der Waals surface area contributed by atoms with Gasteiger partial charge in [0.1, 0.15) is 4.90 Å². The van der Waals surface area contributed by atoms with Crippen molar-refractivity contribution in [1.82, 2.24) is 5.32 Å². The van der Waals surface area contributed by atoms with Crippen molar-refractivity contribution in [2.45, 2.75) is 24.8 Å². The summed E-state index contributed by atoms with van der Waals surface area (Å²) in [6, 6.07) is 5.93. The Kier molecular flexibility index (Phi) is 4.35. The quantitative estimate of drug-likeness (QED) is 0.499. The van der Waals surface area contributed by atoms with Crippen LogP contribution in [0.5, 0.6) is 0 Å². The summed E-state index contributed by atoms with van der Waals surface area (Å²) in [7, 11) is -4.69. The number of hydrogen-bond acceptors (Lipinski definition) is 5. The Bertz CT molecular complexity index is 905. The highest BCUT2D eigenvalue weighted by atomic mass is 32.2. The van der Waals surface area contributed by atoms with Crippen molar-refractivity contribution in [2.75, 3.05) is 0 Å². The lowest BCUT2D eigenvalue weighted by molar-refractivity contribution is -0.384. The lowest BCUT2D eigenvalue weighted by Crippen LogP contribution is -2.30. The molecule has 0 aromatic heterocycles. The number of non-ortho nitro benzene ring substituents is 1. The Morgan fingerprint density at radius 1 is 1.26 bits per heavy atom. The highest BCUT2D eigenvalue weighted by molar-refractivity contribution is 7.86. The molecule has 0 radical (unpaired) electrons. The molecule has 0 saturated carbocycles. The molecule has 9 heteroatoms. The number of fused-ring (bicyclic) bond motifs is 1. The number of nitrogens with one attached hydrogen (secondary N) is 1. The molecule has 0 aliphatic carbocycles. The van der Waals surface area contributed by atoms with Gasteiger partial charge in [-0.25, -0.2) is 0 Å². The third-order valence-electron chi connectivity index (χ3n) is 3.07. The van der Waals surface area contributed by atoms with E-state index in [2.05, 4.69) is 5.32 Å². The van der Waals surface area contributed by atoms with Gasteiger partial charge in [0.2, 0.25) is 0 Å². The maximum atomic E-state index is 12.0. The molecular formula is C14H14N2O6S. The number of nitrogens with zero attached hydrogens (tertiary/aromatic N) is 1. The summed E-state index contributed by atoms with van der Waals surface area (Å²) in [4.78, 5) is 21.5. The minimum Gasteiger partial charge on any atom is -0.350 e. The summed E-state index contributed by atoms with van der Waals surface area (Å²) in [6.07, 6.45) is 0. The molecule has 0 unspecified atom stereocenters. The van der Waals surface area contributed by atoms with Gasteiger partial charge in [0.05, 0.1) is 4.92 Å². The standard InChI is InChI=1S/C14H14N2O6S/c1-8(2)15-14(17)10-4-3-9-5-11(16(18)19)7-13(12(9)6-10)23(20,21)22/h3-8H,1-2H3,(H,15,17)(H,20,21,22). The predicted octanol–water partition coefficient (Wildman–Crippen LogP) is 2.13. The number of amides is 1. The summed E-state index contributed by atoms with van der Waals surface area (Å²) in [5.41, 5.74) is -0.283. The van der Waals surface area contributed by atoms with Gasteiger partial charge in [-0.2, -0.15) is 8.42 Å². The van der Waals surface area contributed by atoms with Gasteiger partial charge in [0.25, 0.3) is 21.7 Å². The van der Waals surface area contributed by atoms with Crippen LogP contribution in [-0.4, -0.2) is 29.8 Å². The second kappa shape index (κ2) is 5.94. The minimum atomic E-state index is -4.69. The van der Waals surface area contributed by atoms with Gasteiger partial charge in [0.15, 0.2) is 0 Å². The van der Waals surface area contributed by atoms with Crippen LogP contribution in [0.4, 0.5) is 5.69 Å². The molecular weight excluding hydrogens is 324 g/mol. The number of rotatable bonds is 4. The van der Waals surface area contributed by atoms with Crippen molar-refractivity contribution in [1.29, 1.82) is 0 Å². The van der Waals surface area contributed by atoms with E-state index in [1.165, 1.54) is 24.3 Å². The molecule has 1 amide bonds. The molecule has 2 aromatic carbocycles. The van der Waals surface area contributed by atoms with E-state index >= 15 is 0 Å². The van der Waals surface area contributed by atoms with E-state index in [1.54, 1.807) is 13.8 Å². The van der Waals surface area contributed by atoms with Gasteiger partial charge in [-0.1, -0.05) is 6.07 Å². The second-order valence-electron chi connectivity index (χ2n) is 5.24. The normalized spacial score (nSPS) is 11.7. The van der Waals surface area contributed by atoms with Crippen LogP contribution >= 0.6 is 0 Å². The van der Waals surface area contributed by atoms with Crippen LogP contribution in [0.3, 0.4) is 0 Å². The van der Waals surface area contributed by atoms with Crippen molar-refractivity contribution in [3.8, 4) is 0 Å². The van der Waals surface area contributed by atoms with Gasteiger partial charge in [0, 0.05) is 29.1 Å². The summed E-state index contributed by atoms with van der Waals surface area (Å²) in [6.45, 7) is 3.54. The van der Waals surface area contributed by atoms with Gasteiger partial charge < -0.3 is 5.32 Å². The highest BCUT2D eigenvalue weighted by Crippen LogP contribution is 2.29. The molecule has 0 spiro atoms. The number of carbonyl (C=O) groups is 1. The fourth-order valence-electron chi connectivity index (χ4n) is 2.11. The first kappa shape index (κ1) is 16.8. The number of nitro benzene ring substituents is 1. The van der Waals surface area contributed by atoms with Crippen LogP contribution in [0.15, 0.2) is 35.2 Å². The third-order valence-corrected chi connectivity index (χ3v) is 3.97. The van der Waals surface area contributed by atoms with Crippen LogP contribution in [-0.2, 0) is 10.1 Å². The molecule has 0 atom stereocenters.